The Kier molecular flexibility index (Phi) is 1.88. The average Bonchev–Trinajstić information content (AvgIpc) is 2.49. The number of amides is 2. The Morgan fingerprint density at radius 1 is 1.18 bits per heavy atom. The Balaban J connectivity index is 2.08. The van der Waals surface area contributed by atoms with E-state index in [-0.39, 0.29) is 17.4 Å². The molecule has 1 aliphatic heterocycles. The first kappa shape index (κ1) is 10.3. The highest BCUT2D eigenvalue weighted by molar-refractivity contribution is 6.22. The van der Waals surface area contributed by atoms with Gasteiger partial charge in [0.15, 0.2) is 0 Å². The Morgan fingerprint density at radius 2 is 1.82 bits per heavy atom. The van der Waals surface area contributed by atoms with Crippen LogP contribution in [0.4, 0.5) is 5.69 Å². The number of anilines is 1. The van der Waals surface area contributed by atoms with Crippen molar-refractivity contribution >= 4 is 17.5 Å². The number of nitrogens with zero attached hydrogens (tertiary/aromatic N) is 1. The zero-order valence-electron chi connectivity index (χ0n) is 9.69. The van der Waals surface area contributed by atoms with E-state index in [9.17, 15) is 9.59 Å². The molecule has 2 aliphatic rings. The summed E-state index contributed by atoms with van der Waals surface area (Å²) < 4.78 is 0. The number of fused-ring (bicyclic) bond motifs is 1. The number of rotatable bonds is 1. The van der Waals surface area contributed by atoms with Gasteiger partial charge >= 0.3 is 0 Å². The first-order valence-electron chi connectivity index (χ1n) is 5.81. The van der Waals surface area contributed by atoms with Crippen LogP contribution in [0.1, 0.15) is 46.9 Å². The first-order chi connectivity index (χ1) is 8.03. The zero-order chi connectivity index (χ0) is 12.2. The lowest BCUT2D eigenvalue weighted by Gasteiger charge is -2.44. The lowest BCUT2D eigenvalue weighted by atomic mass is 9.77. The molecule has 0 radical (unpaired) electrons. The van der Waals surface area contributed by atoms with Crippen molar-refractivity contribution in [2.24, 2.45) is 0 Å². The van der Waals surface area contributed by atoms with Crippen molar-refractivity contribution in [2.45, 2.75) is 31.7 Å². The van der Waals surface area contributed by atoms with Gasteiger partial charge in [0.1, 0.15) is 0 Å². The van der Waals surface area contributed by atoms with Crippen LogP contribution in [0.15, 0.2) is 18.2 Å². The first-order valence-corrected chi connectivity index (χ1v) is 5.81. The third-order valence-electron chi connectivity index (χ3n) is 3.88. The van der Waals surface area contributed by atoms with Crippen LogP contribution in [0, 0.1) is 0 Å². The molecule has 1 heterocycles. The second kappa shape index (κ2) is 3.09. The number of hydrogen-bond acceptors (Lipinski definition) is 3. The van der Waals surface area contributed by atoms with Crippen molar-refractivity contribution in [3.63, 3.8) is 0 Å². The number of carbonyl (C=O) groups is 2. The Labute approximate surface area is 99.4 Å². The smallest absolute Gasteiger partial charge is 0.262 e. The molecule has 0 saturated heterocycles. The van der Waals surface area contributed by atoms with E-state index in [0.29, 0.717) is 16.8 Å². The number of benzene rings is 1. The molecule has 3 rings (SSSR count). The van der Waals surface area contributed by atoms with E-state index in [1.54, 1.807) is 18.2 Å². The second-order valence-electron chi connectivity index (χ2n) is 5.10. The van der Waals surface area contributed by atoms with Crippen LogP contribution in [-0.2, 0) is 0 Å². The molecule has 0 aromatic heterocycles. The Hall–Kier alpha value is -1.84. The summed E-state index contributed by atoms with van der Waals surface area (Å²) in [6.07, 6.45) is 2.87. The minimum atomic E-state index is -0.290. The summed E-state index contributed by atoms with van der Waals surface area (Å²) in [4.78, 5) is 25.9. The van der Waals surface area contributed by atoms with Crippen LogP contribution in [0.25, 0.3) is 0 Å². The largest absolute Gasteiger partial charge is 0.399 e. The fourth-order valence-electron chi connectivity index (χ4n) is 2.66. The maximum absolute atomic E-state index is 12.2. The maximum Gasteiger partial charge on any atom is 0.262 e. The third-order valence-corrected chi connectivity index (χ3v) is 3.88. The van der Waals surface area contributed by atoms with Gasteiger partial charge in [0, 0.05) is 11.2 Å². The SMILES string of the molecule is CC1(N2C(=O)c3ccc(N)cc3C2=O)CCC1. The molecule has 0 atom stereocenters. The Bertz CT molecular complexity index is 532. The van der Waals surface area contributed by atoms with E-state index in [2.05, 4.69) is 0 Å². The maximum atomic E-state index is 12.2. The van der Waals surface area contributed by atoms with Gasteiger partial charge in [0.25, 0.3) is 11.8 Å². The van der Waals surface area contributed by atoms with Crippen LogP contribution in [0.5, 0.6) is 0 Å². The average molecular weight is 230 g/mol. The number of nitrogen functional groups attached to an aromatic ring is 1. The minimum Gasteiger partial charge on any atom is -0.399 e. The zero-order valence-corrected chi connectivity index (χ0v) is 9.69. The monoisotopic (exact) mass is 230 g/mol. The van der Waals surface area contributed by atoms with Crippen molar-refractivity contribution in [3.8, 4) is 0 Å². The van der Waals surface area contributed by atoms with E-state index in [0.717, 1.165) is 19.3 Å². The van der Waals surface area contributed by atoms with Crippen molar-refractivity contribution in [3.05, 3.63) is 29.3 Å². The van der Waals surface area contributed by atoms with Gasteiger partial charge in [-0.05, 0) is 44.4 Å². The summed E-state index contributed by atoms with van der Waals surface area (Å²) in [7, 11) is 0. The quantitative estimate of drug-likeness (QED) is 0.591. The highest BCUT2D eigenvalue weighted by Crippen LogP contribution is 2.41. The van der Waals surface area contributed by atoms with E-state index >= 15 is 0 Å². The molecule has 1 fully saturated rings. The predicted molar refractivity (Wildman–Crippen MR) is 63.6 cm³/mol. The molecule has 88 valence electrons. The van der Waals surface area contributed by atoms with Crippen LogP contribution < -0.4 is 5.73 Å². The number of nitrogens with two attached hydrogens (primary N) is 1. The fraction of sp³-hybridized carbons (Fsp3) is 0.385. The summed E-state index contributed by atoms with van der Waals surface area (Å²) in [5, 5.41) is 0. The summed E-state index contributed by atoms with van der Waals surface area (Å²) >= 11 is 0. The summed E-state index contributed by atoms with van der Waals surface area (Å²) in [5.74, 6) is -0.369. The molecule has 1 saturated carbocycles. The molecule has 1 aromatic carbocycles. The standard InChI is InChI=1S/C13H14N2O2/c1-13(5-2-6-13)15-11(16)9-4-3-8(14)7-10(9)12(15)17/h3-4,7H,2,5-6,14H2,1H3. The molecule has 17 heavy (non-hydrogen) atoms. The van der Waals surface area contributed by atoms with Crippen molar-refractivity contribution in [1.29, 1.82) is 0 Å². The topological polar surface area (TPSA) is 63.4 Å². The van der Waals surface area contributed by atoms with Gasteiger partial charge in [-0.3, -0.25) is 14.5 Å². The number of carbonyl (C=O) groups excluding carboxylic acids is 2. The van der Waals surface area contributed by atoms with Crippen LogP contribution >= 0.6 is 0 Å². The van der Waals surface area contributed by atoms with Gasteiger partial charge in [-0.2, -0.15) is 0 Å². The number of imide groups is 1. The predicted octanol–water partition coefficient (Wildman–Crippen LogP) is 1.81. The second-order valence-corrected chi connectivity index (χ2v) is 5.10. The lowest BCUT2D eigenvalue weighted by Crippen LogP contribution is -2.54. The molecule has 1 aliphatic carbocycles. The van der Waals surface area contributed by atoms with Gasteiger partial charge < -0.3 is 5.73 Å². The summed E-state index contributed by atoms with van der Waals surface area (Å²) in [6.45, 7) is 1.97. The molecule has 4 heteroatoms. The summed E-state index contributed by atoms with van der Waals surface area (Å²) in [6, 6.07) is 4.90. The van der Waals surface area contributed by atoms with Crippen molar-refractivity contribution < 1.29 is 9.59 Å². The number of hydrogen-bond donors (Lipinski definition) is 1. The molecular weight excluding hydrogens is 216 g/mol. The van der Waals surface area contributed by atoms with Crippen LogP contribution in [-0.4, -0.2) is 22.3 Å². The molecule has 1 aromatic rings. The normalized spacial score (nSPS) is 21.4. The van der Waals surface area contributed by atoms with Gasteiger partial charge in [-0.15, -0.1) is 0 Å². The van der Waals surface area contributed by atoms with Gasteiger partial charge in [-0.1, -0.05) is 0 Å². The Morgan fingerprint density at radius 3 is 2.41 bits per heavy atom. The lowest BCUT2D eigenvalue weighted by molar-refractivity contribution is 0.0265. The van der Waals surface area contributed by atoms with Crippen molar-refractivity contribution in [2.75, 3.05) is 5.73 Å². The van der Waals surface area contributed by atoms with Crippen LogP contribution in [0.2, 0.25) is 0 Å². The molecule has 0 bridgehead atoms. The van der Waals surface area contributed by atoms with Gasteiger partial charge in [0.05, 0.1) is 11.1 Å². The highest BCUT2D eigenvalue weighted by atomic mass is 16.2. The highest BCUT2D eigenvalue weighted by Gasteiger charge is 2.49. The fourth-order valence-corrected chi connectivity index (χ4v) is 2.66. The van der Waals surface area contributed by atoms with Crippen molar-refractivity contribution in [1.82, 2.24) is 4.90 Å². The van der Waals surface area contributed by atoms with E-state index in [1.807, 2.05) is 6.92 Å². The minimum absolute atomic E-state index is 0.174. The molecule has 0 spiro atoms. The molecule has 0 unspecified atom stereocenters. The van der Waals surface area contributed by atoms with Crippen LogP contribution in [0.3, 0.4) is 0 Å². The molecule has 2 N–H and O–H groups in total. The molecule has 4 nitrogen and oxygen atoms in total. The molecule has 2 amide bonds. The third kappa shape index (κ3) is 1.24. The molecular formula is C13H14N2O2. The van der Waals surface area contributed by atoms with Gasteiger partial charge in [0.2, 0.25) is 0 Å². The van der Waals surface area contributed by atoms with Gasteiger partial charge in [-0.25, -0.2) is 0 Å². The van der Waals surface area contributed by atoms with E-state index in [4.69, 9.17) is 5.73 Å². The summed E-state index contributed by atoms with van der Waals surface area (Å²) in [5.41, 5.74) is 6.82. The van der Waals surface area contributed by atoms with E-state index < -0.39 is 0 Å². The van der Waals surface area contributed by atoms with E-state index in [1.165, 1.54) is 4.90 Å².